The van der Waals surface area contributed by atoms with E-state index in [1.54, 1.807) is 0 Å². The summed E-state index contributed by atoms with van der Waals surface area (Å²) in [7, 11) is 0. The number of benzene rings is 1. The predicted molar refractivity (Wildman–Crippen MR) is 50.0 cm³/mol. The van der Waals surface area contributed by atoms with Crippen LogP contribution >= 0.6 is 0 Å². The van der Waals surface area contributed by atoms with Crippen LogP contribution in [0.15, 0.2) is 34.5 Å². The quantitative estimate of drug-likeness (QED) is 0.682. The zero-order valence-electron chi connectivity index (χ0n) is 7.31. The van der Waals surface area contributed by atoms with Crippen molar-refractivity contribution in [1.29, 1.82) is 0 Å². The molecule has 0 saturated heterocycles. The average Bonchev–Trinajstić information content (AvgIpc) is 2.61. The molecule has 1 aliphatic heterocycles. The minimum Gasteiger partial charge on any atom is -0.195 e. The molecule has 0 amide bonds. The van der Waals surface area contributed by atoms with E-state index in [0.29, 0.717) is 12.4 Å². The van der Waals surface area contributed by atoms with E-state index < -0.39 is 0 Å². The summed E-state index contributed by atoms with van der Waals surface area (Å²) >= 11 is 0. The molecule has 0 unspecified atom stereocenters. The van der Waals surface area contributed by atoms with Gasteiger partial charge in [0.05, 0.1) is 6.54 Å². The summed E-state index contributed by atoms with van der Waals surface area (Å²) in [4.78, 5) is 0. The predicted octanol–water partition coefficient (Wildman–Crippen LogP) is 2.07. The number of hydrogen-bond donors (Lipinski definition) is 1. The Morgan fingerprint density at radius 3 is 3.07 bits per heavy atom. The van der Waals surface area contributed by atoms with Gasteiger partial charge in [0.15, 0.2) is 0 Å². The molecule has 0 atom stereocenters. The van der Waals surface area contributed by atoms with Gasteiger partial charge in [0.2, 0.25) is 5.82 Å². The van der Waals surface area contributed by atoms with Gasteiger partial charge in [-0.15, -0.1) is 10.2 Å². The van der Waals surface area contributed by atoms with Gasteiger partial charge < -0.3 is 0 Å². The van der Waals surface area contributed by atoms with Crippen molar-refractivity contribution in [2.45, 2.75) is 6.54 Å². The smallest absolute Gasteiger partial charge is 0.195 e. The Morgan fingerprint density at radius 1 is 1.14 bits per heavy atom. The molecule has 0 fully saturated rings. The molecule has 2 heterocycles. The summed E-state index contributed by atoms with van der Waals surface area (Å²) in [6.45, 7) is 0.591. The van der Waals surface area contributed by atoms with Crippen molar-refractivity contribution in [3.05, 3.63) is 29.8 Å². The lowest BCUT2D eigenvalue weighted by Gasteiger charge is -2.00. The molecule has 1 aromatic heterocycles. The molecular formula is C9H7N5. The number of azo groups is 1. The van der Waals surface area contributed by atoms with E-state index in [4.69, 9.17) is 0 Å². The molecule has 1 aromatic carbocycles. The van der Waals surface area contributed by atoms with E-state index in [9.17, 15) is 0 Å². The summed E-state index contributed by atoms with van der Waals surface area (Å²) in [5.41, 5.74) is 2.96. The summed E-state index contributed by atoms with van der Waals surface area (Å²) < 4.78 is 0. The maximum atomic E-state index is 4.07. The van der Waals surface area contributed by atoms with E-state index in [1.165, 1.54) is 0 Å². The minimum atomic E-state index is 0.565. The number of hydrogen-bond acceptors (Lipinski definition) is 4. The molecule has 3 rings (SSSR count). The number of aromatic amines is 1. The van der Waals surface area contributed by atoms with Gasteiger partial charge in [-0.3, -0.25) is 0 Å². The van der Waals surface area contributed by atoms with Gasteiger partial charge in [-0.2, -0.15) is 15.4 Å². The van der Waals surface area contributed by atoms with Crippen LogP contribution in [0.5, 0.6) is 0 Å². The van der Waals surface area contributed by atoms with Crippen molar-refractivity contribution < 1.29 is 0 Å². The fourth-order valence-corrected chi connectivity index (χ4v) is 1.54. The highest BCUT2D eigenvalue weighted by Crippen LogP contribution is 2.31. The molecule has 0 radical (unpaired) electrons. The van der Waals surface area contributed by atoms with Crippen LogP contribution in [0.3, 0.4) is 0 Å². The Labute approximate surface area is 79.9 Å². The first kappa shape index (κ1) is 7.37. The largest absolute Gasteiger partial charge is 0.223 e. The lowest BCUT2D eigenvalue weighted by Crippen LogP contribution is -1.86. The van der Waals surface area contributed by atoms with Crippen LogP contribution in [-0.2, 0) is 6.54 Å². The van der Waals surface area contributed by atoms with E-state index >= 15 is 0 Å². The third kappa shape index (κ3) is 0.953. The maximum absolute atomic E-state index is 4.07. The van der Waals surface area contributed by atoms with Crippen molar-refractivity contribution in [1.82, 2.24) is 15.4 Å². The van der Waals surface area contributed by atoms with Gasteiger partial charge in [0, 0.05) is 5.56 Å². The molecule has 68 valence electrons. The first-order valence-electron chi connectivity index (χ1n) is 4.32. The number of aromatic nitrogens is 3. The van der Waals surface area contributed by atoms with Gasteiger partial charge in [-0.25, -0.2) is 0 Å². The summed E-state index contributed by atoms with van der Waals surface area (Å²) in [6, 6.07) is 7.99. The third-order valence-electron chi connectivity index (χ3n) is 2.21. The van der Waals surface area contributed by atoms with Crippen molar-refractivity contribution >= 4 is 5.82 Å². The molecule has 0 bridgehead atoms. The lowest BCUT2D eigenvalue weighted by molar-refractivity contribution is 0.908. The Bertz CT molecular complexity index is 499. The number of rotatable bonds is 0. The van der Waals surface area contributed by atoms with E-state index in [0.717, 1.165) is 16.8 Å². The second-order valence-corrected chi connectivity index (χ2v) is 3.05. The summed E-state index contributed by atoms with van der Waals surface area (Å²) in [6.07, 6.45) is 0. The molecule has 1 N–H and O–H groups in total. The van der Waals surface area contributed by atoms with Crippen LogP contribution in [0.2, 0.25) is 0 Å². The molecule has 1 aliphatic rings. The highest BCUT2D eigenvalue weighted by atomic mass is 15.4. The standard InChI is InChI=1S/C9H7N5/c1-2-4-7-6(3-1)5-10-12-9-8(7)11-14-13-9/h1-4H,5H2,(H,11,13,14). The summed E-state index contributed by atoms with van der Waals surface area (Å²) in [5.74, 6) is 0.565. The first-order chi connectivity index (χ1) is 6.95. The fraction of sp³-hybridized carbons (Fsp3) is 0.111. The molecule has 0 spiro atoms. The minimum absolute atomic E-state index is 0.565. The number of fused-ring (bicyclic) bond motifs is 3. The van der Waals surface area contributed by atoms with Crippen LogP contribution in [-0.4, -0.2) is 15.4 Å². The van der Waals surface area contributed by atoms with Crippen molar-refractivity contribution in [3.8, 4) is 11.3 Å². The second kappa shape index (κ2) is 2.73. The van der Waals surface area contributed by atoms with E-state index in [1.807, 2.05) is 24.3 Å². The fourth-order valence-electron chi connectivity index (χ4n) is 1.54. The Morgan fingerprint density at radius 2 is 2.07 bits per heavy atom. The van der Waals surface area contributed by atoms with Crippen molar-refractivity contribution in [2.75, 3.05) is 0 Å². The molecule has 5 nitrogen and oxygen atoms in total. The SMILES string of the molecule is c1ccc2c(c1)CN=Nc1n[nH]nc1-2. The van der Waals surface area contributed by atoms with Gasteiger partial charge in [0.25, 0.3) is 0 Å². The normalized spacial score (nSPS) is 13.1. The molecule has 14 heavy (non-hydrogen) atoms. The van der Waals surface area contributed by atoms with Crippen LogP contribution < -0.4 is 0 Å². The van der Waals surface area contributed by atoms with Gasteiger partial charge in [-0.1, -0.05) is 24.3 Å². The average molecular weight is 185 g/mol. The maximum Gasteiger partial charge on any atom is 0.223 e. The zero-order valence-corrected chi connectivity index (χ0v) is 7.31. The third-order valence-corrected chi connectivity index (χ3v) is 2.21. The van der Waals surface area contributed by atoms with Crippen LogP contribution in [0.4, 0.5) is 5.82 Å². The highest BCUT2D eigenvalue weighted by Gasteiger charge is 2.15. The number of nitrogens with one attached hydrogen (secondary N) is 1. The molecule has 0 aliphatic carbocycles. The van der Waals surface area contributed by atoms with E-state index in [2.05, 4.69) is 25.6 Å². The van der Waals surface area contributed by atoms with Crippen molar-refractivity contribution in [3.63, 3.8) is 0 Å². The zero-order chi connectivity index (χ0) is 9.38. The Hall–Kier alpha value is -2.04. The Balaban J connectivity index is 2.33. The van der Waals surface area contributed by atoms with Crippen molar-refractivity contribution in [2.24, 2.45) is 10.2 Å². The molecule has 2 aromatic rings. The topological polar surface area (TPSA) is 66.3 Å². The monoisotopic (exact) mass is 185 g/mol. The number of H-pyrrole nitrogens is 1. The lowest BCUT2D eigenvalue weighted by atomic mass is 10.1. The van der Waals surface area contributed by atoms with Crippen LogP contribution in [0.25, 0.3) is 11.3 Å². The second-order valence-electron chi connectivity index (χ2n) is 3.05. The van der Waals surface area contributed by atoms with Gasteiger partial charge in [-0.05, 0) is 5.56 Å². The van der Waals surface area contributed by atoms with Gasteiger partial charge >= 0.3 is 0 Å². The van der Waals surface area contributed by atoms with Crippen LogP contribution in [0.1, 0.15) is 5.56 Å². The van der Waals surface area contributed by atoms with Gasteiger partial charge in [0.1, 0.15) is 5.69 Å². The highest BCUT2D eigenvalue weighted by molar-refractivity contribution is 5.72. The molecule has 0 saturated carbocycles. The Kier molecular flexibility index (Phi) is 1.44. The first-order valence-corrected chi connectivity index (χ1v) is 4.32. The van der Waals surface area contributed by atoms with Crippen LogP contribution in [0, 0.1) is 0 Å². The molecular weight excluding hydrogens is 178 g/mol. The number of nitrogens with zero attached hydrogens (tertiary/aromatic N) is 4. The van der Waals surface area contributed by atoms with E-state index in [-0.39, 0.29) is 0 Å². The molecule has 5 heteroatoms. The summed E-state index contributed by atoms with van der Waals surface area (Å²) in [5, 5.41) is 18.6.